The Morgan fingerprint density at radius 3 is 2.55 bits per heavy atom. The van der Waals surface area contributed by atoms with Crippen molar-refractivity contribution in [2.75, 3.05) is 0 Å². The summed E-state index contributed by atoms with van der Waals surface area (Å²) in [6, 6.07) is 14.8. The Labute approximate surface area is 174 Å². The summed E-state index contributed by atoms with van der Waals surface area (Å²) in [5.74, 6) is 0. The highest BCUT2D eigenvalue weighted by Crippen LogP contribution is 2.46. The van der Waals surface area contributed by atoms with Gasteiger partial charge in [0.25, 0.3) is 0 Å². The lowest BCUT2D eigenvalue weighted by Crippen LogP contribution is -2.43. The van der Waals surface area contributed by atoms with Crippen molar-refractivity contribution in [3.05, 3.63) is 89.9 Å². The van der Waals surface area contributed by atoms with Crippen molar-refractivity contribution >= 4 is 21.9 Å². The van der Waals surface area contributed by atoms with Crippen molar-refractivity contribution < 1.29 is 18.3 Å². The summed E-state index contributed by atoms with van der Waals surface area (Å²) in [6.45, 7) is 1.97. The Hall–Kier alpha value is -3.65. The molecule has 0 aliphatic rings. The van der Waals surface area contributed by atoms with Crippen LogP contribution in [0.4, 0.5) is 13.2 Å². The minimum Gasteiger partial charge on any atom is -0.372 e. The molecule has 1 unspecified atom stereocenters. The van der Waals surface area contributed by atoms with Crippen molar-refractivity contribution in [1.82, 2.24) is 19.7 Å². The van der Waals surface area contributed by atoms with E-state index in [-0.39, 0.29) is 22.2 Å². The lowest BCUT2D eigenvalue weighted by molar-refractivity contribution is -0.247. The van der Waals surface area contributed by atoms with E-state index >= 15 is 0 Å². The first-order chi connectivity index (χ1) is 14.8. The van der Waals surface area contributed by atoms with E-state index in [1.807, 2.05) is 31.2 Å². The van der Waals surface area contributed by atoms with Crippen LogP contribution in [0.15, 0.2) is 73.2 Å². The quantitative estimate of drug-likeness (QED) is 0.430. The predicted molar refractivity (Wildman–Crippen MR) is 111 cm³/mol. The Kier molecular flexibility index (Phi) is 4.16. The number of H-pyrrole nitrogens is 1. The van der Waals surface area contributed by atoms with Gasteiger partial charge in [-0.3, -0.25) is 0 Å². The van der Waals surface area contributed by atoms with E-state index in [0.29, 0.717) is 10.9 Å². The number of nitrogens with zero attached hydrogens (tertiary/aromatic N) is 3. The normalized spacial score (nSPS) is 14.2. The molecule has 0 amide bonds. The predicted octanol–water partition coefficient (Wildman–Crippen LogP) is 5.01. The molecule has 156 valence electrons. The zero-order valence-electron chi connectivity index (χ0n) is 16.4. The Morgan fingerprint density at radius 1 is 1.03 bits per heavy atom. The minimum atomic E-state index is -4.96. The SMILES string of the molecule is Cc1ccc(-n2ncc3cc(C(O)(c4c[nH]c5ncccc45)C(F)(F)F)ccc32)cc1. The molecule has 0 saturated heterocycles. The molecule has 0 radical (unpaired) electrons. The summed E-state index contributed by atoms with van der Waals surface area (Å²) in [6.07, 6.45) is -0.837. The molecule has 0 aliphatic heterocycles. The average molecular weight is 422 g/mol. The monoisotopic (exact) mass is 422 g/mol. The third-order valence-corrected chi connectivity index (χ3v) is 5.52. The van der Waals surface area contributed by atoms with Crippen LogP contribution in [0.1, 0.15) is 16.7 Å². The minimum absolute atomic E-state index is 0.206. The van der Waals surface area contributed by atoms with Crippen LogP contribution in [0.2, 0.25) is 0 Å². The maximum absolute atomic E-state index is 14.3. The summed E-state index contributed by atoms with van der Waals surface area (Å²) in [5, 5.41) is 16.1. The van der Waals surface area contributed by atoms with E-state index < -0.39 is 11.8 Å². The van der Waals surface area contributed by atoms with Crippen LogP contribution < -0.4 is 0 Å². The van der Waals surface area contributed by atoms with E-state index in [4.69, 9.17) is 0 Å². The second-order valence-electron chi connectivity index (χ2n) is 7.48. The molecular formula is C23H17F3N4O. The number of aromatic nitrogens is 4. The molecule has 31 heavy (non-hydrogen) atoms. The van der Waals surface area contributed by atoms with Crippen LogP contribution in [0.25, 0.3) is 27.6 Å². The molecule has 0 fully saturated rings. The van der Waals surface area contributed by atoms with Gasteiger partial charge in [-0.1, -0.05) is 23.8 Å². The number of fused-ring (bicyclic) bond motifs is 2. The van der Waals surface area contributed by atoms with Gasteiger partial charge in [-0.2, -0.15) is 18.3 Å². The summed E-state index contributed by atoms with van der Waals surface area (Å²) in [4.78, 5) is 6.75. The van der Waals surface area contributed by atoms with Crippen molar-refractivity contribution in [3.8, 4) is 5.69 Å². The van der Waals surface area contributed by atoms with Crippen LogP contribution in [-0.4, -0.2) is 31.0 Å². The zero-order valence-corrected chi connectivity index (χ0v) is 16.4. The molecule has 3 heterocycles. The van der Waals surface area contributed by atoms with Gasteiger partial charge in [0.15, 0.2) is 0 Å². The number of pyridine rings is 1. The van der Waals surface area contributed by atoms with Crippen LogP contribution in [0.5, 0.6) is 0 Å². The van der Waals surface area contributed by atoms with Crippen molar-refractivity contribution in [3.63, 3.8) is 0 Å². The summed E-state index contributed by atoms with van der Waals surface area (Å²) < 4.78 is 44.5. The second kappa shape index (κ2) is 6.68. The number of aromatic amines is 1. The Balaban J connectivity index is 1.69. The van der Waals surface area contributed by atoms with E-state index in [1.165, 1.54) is 36.7 Å². The molecule has 3 aromatic heterocycles. The number of rotatable bonds is 3. The standard InChI is InChI=1S/C23H17F3N4O/c1-14-4-7-17(8-5-14)30-20-9-6-16(11-15(20)12-29-30)22(31,23(24,25)26)19-13-28-21-18(19)3-2-10-27-21/h2-13,31H,1H3,(H,27,28). The molecule has 8 heteroatoms. The molecule has 0 bridgehead atoms. The fraction of sp³-hybridized carbons (Fsp3) is 0.130. The Bertz CT molecular complexity index is 1400. The van der Waals surface area contributed by atoms with Gasteiger partial charge in [0.05, 0.1) is 17.4 Å². The average Bonchev–Trinajstić information content (AvgIpc) is 3.37. The highest BCUT2D eigenvalue weighted by atomic mass is 19.4. The molecule has 0 aliphatic carbocycles. The van der Waals surface area contributed by atoms with Gasteiger partial charge in [-0.25, -0.2) is 9.67 Å². The smallest absolute Gasteiger partial charge is 0.372 e. The number of hydrogen-bond donors (Lipinski definition) is 2. The van der Waals surface area contributed by atoms with Gasteiger partial charge in [0.1, 0.15) is 5.65 Å². The number of hydrogen-bond acceptors (Lipinski definition) is 3. The third-order valence-electron chi connectivity index (χ3n) is 5.52. The number of halogens is 3. The van der Waals surface area contributed by atoms with Gasteiger partial charge in [0, 0.05) is 28.7 Å². The molecule has 0 spiro atoms. The first-order valence-electron chi connectivity index (χ1n) is 9.56. The first-order valence-corrected chi connectivity index (χ1v) is 9.56. The van der Waals surface area contributed by atoms with Crippen molar-refractivity contribution in [2.24, 2.45) is 0 Å². The maximum atomic E-state index is 14.3. The number of alkyl halides is 3. The number of nitrogens with one attached hydrogen (secondary N) is 1. The highest BCUT2D eigenvalue weighted by molar-refractivity contribution is 5.84. The molecule has 5 rings (SSSR count). The first kappa shape index (κ1) is 19.3. The lowest BCUT2D eigenvalue weighted by Gasteiger charge is -2.31. The molecule has 5 aromatic rings. The fourth-order valence-electron chi connectivity index (χ4n) is 3.88. The molecule has 0 saturated carbocycles. The van der Waals surface area contributed by atoms with E-state index in [1.54, 1.807) is 10.7 Å². The second-order valence-corrected chi connectivity index (χ2v) is 7.48. The van der Waals surface area contributed by atoms with Crippen LogP contribution in [0, 0.1) is 6.92 Å². The highest BCUT2D eigenvalue weighted by Gasteiger charge is 2.57. The molecular weight excluding hydrogens is 405 g/mol. The Morgan fingerprint density at radius 2 is 1.81 bits per heavy atom. The summed E-state index contributed by atoms with van der Waals surface area (Å²) in [7, 11) is 0. The maximum Gasteiger partial charge on any atom is 0.425 e. The van der Waals surface area contributed by atoms with Crippen molar-refractivity contribution in [2.45, 2.75) is 18.7 Å². The summed E-state index contributed by atoms with van der Waals surface area (Å²) >= 11 is 0. The number of aliphatic hydroxyl groups is 1. The van der Waals surface area contributed by atoms with E-state index in [0.717, 1.165) is 17.4 Å². The topological polar surface area (TPSA) is 66.7 Å². The summed E-state index contributed by atoms with van der Waals surface area (Å²) in [5.41, 5.74) is -1.01. The molecule has 2 N–H and O–H groups in total. The van der Waals surface area contributed by atoms with Crippen LogP contribution in [0.3, 0.4) is 0 Å². The third kappa shape index (κ3) is 2.90. The van der Waals surface area contributed by atoms with E-state index in [2.05, 4.69) is 15.1 Å². The van der Waals surface area contributed by atoms with Gasteiger partial charge >= 0.3 is 6.18 Å². The lowest BCUT2D eigenvalue weighted by atomic mass is 9.85. The fourth-order valence-corrected chi connectivity index (χ4v) is 3.88. The zero-order chi connectivity index (χ0) is 21.8. The molecule has 2 aromatic carbocycles. The largest absolute Gasteiger partial charge is 0.425 e. The van der Waals surface area contributed by atoms with Gasteiger partial charge in [-0.05, 0) is 48.9 Å². The van der Waals surface area contributed by atoms with E-state index in [9.17, 15) is 18.3 Å². The number of benzene rings is 2. The van der Waals surface area contributed by atoms with Crippen LogP contribution in [-0.2, 0) is 5.60 Å². The van der Waals surface area contributed by atoms with Gasteiger partial charge < -0.3 is 10.1 Å². The van der Waals surface area contributed by atoms with Crippen molar-refractivity contribution in [1.29, 1.82) is 0 Å². The van der Waals surface area contributed by atoms with Gasteiger partial charge in [0.2, 0.25) is 5.60 Å². The molecule has 1 atom stereocenters. The van der Waals surface area contributed by atoms with Gasteiger partial charge in [-0.15, -0.1) is 0 Å². The molecule has 5 nitrogen and oxygen atoms in total. The van der Waals surface area contributed by atoms with Crippen LogP contribution >= 0.6 is 0 Å². The number of aryl methyl sites for hydroxylation is 1.